The average molecular weight is 590 g/mol. The van der Waals surface area contributed by atoms with E-state index in [1.165, 1.54) is 22.3 Å². The monoisotopic (exact) mass is 588 g/mol. The van der Waals surface area contributed by atoms with E-state index in [4.69, 9.17) is 9.47 Å². The van der Waals surface area contributed by atoms with Gasteiger partial charge in [0.1, 0.15) is 11.5 Å². The Balaban J connectivity index is 1.76. The zero-order chi connectivity index (χ0) is 24.6. The third kappa shape index (κ3) is 6.74. The van der Waals surface area contributed by atoms with Crippen molar-refractivity contribution >= 4 is 49.1 Å². The maximum absolute atomic E-state index is 5.37. The van der Waals surface area contributed by atoms with E-state index in [1.807, 2.05) is 24.3 Å². The zero-order valence-electron chi connectivity index (χ0n) is 19.7. The summed E-state index contributed by atoms with van der Waals surface area (Å²) in [5.41, 5.74) is 7.04. The number of methoxy groups -OCH3 is 2. The van der Waals surface area contributed by atoms with Crippen LogP contribution in [0.25, 0.3) is 17.2 Å². The number of hydrogen-bond acceptors (Lipinski definition) is 2. The SMILES string of the molecule is COc1ccc(/C=C(\CC=C(c2ccc(Br)cc2)c2ccc(Br)cc2)c2ccc(OC)cc2)cc1. The molecule has 0 bridgehead atoms. The molecule has 0 aliphatic heterocycles. The van der Waals surface area contributed by atoms with Gasteiger partial charge in [0.25, 0.3) is 0 Å². The lowest BCUT2D eigenvalue weighted by Crippen LogP contribution is -1.91. The molecule has 0 saturated carbocycles. The van der Waals surface area contributed by atoms with E-state index in [2.05, 4.69) is 117 Å². The van der Waals surface area contributed by atoms with Crippen LogP contribution in [0, 0.1) is 0 Å². The fourth-order valence-corrected chi connectivity index (χ4v) is 4.37. The molecular formula is C31H26Br2O2. The van der Waals surface area contributed by atoms with Crippen molar-refractivity contribution in [1.29, 1.82) is 0 Å². The number of ether oxygens (including phenoxy) is 2. The van der Waals surface area contributed by atoms with Crippen molar-refractivity contribution in [3.05, 3.63) is 134 Å². The summed E-state index contributed by atoms with van der Waals surface area (Å²) in [5, 5.41) is 0. The summed E-state index contributed by atoms with van der Waals surface area (Å²) >= 11 is 7.12. The van der Waals surface area contributed by atoms with Crippen molar-refractivity contribution < 1.29 is 9.47 Å². The van der Waals surface area contributed by atoms with Crippen LogP contribution in [-0.2, 0) is 0 Å². The predicted molar refractivity (Wildman–Crippen MR) is 154 cm³/mol. The van der Waals surface area contributed by atoms with Gasteiger partial charge in [-0.2, -0.15) is 0 Å². The van der Waals surface area contributed by atoms with Gasteiger partial charge in [-0.3, -0.25) is 0 Å². The molecule has 0 heterocycles. The lowest BCUT2D eigenvalue weighted by Gasteiger charge is -2.12. The van der Waals surface area contributed by atoms with Crippen molar-refractivity contribution in [2.45, 2.75) is 6.42 Å². The Morgan fingerprint density at radius 1 is 0.600 bits per heavy atom. The Bertz CT molecular complexity index is 1260. The zero-order valence-corrected chi connectivity index (χ0v) is 22.8. The van der Waals surface area contributed by atoms with E-state index in [0.717, 1.165) is 38.0 Å². The minimum absolute atomic E-state index is 0.764. The van der Waals surface area contributed by atoms with Gasteiger partial charge in [0, 0.05) is 8.95 Å². The second-order valence-electron chi connectivity index (χ2n) is 8.01. The highest BCUT2D eigenvalue weighted by Crippen LogP contribution is 2.31. The summed E-state index contributed by atoms with van der Waals surface area (Å²) in [6.45, 7) is 0. The molecule has 0 aliphatic rings. The van der Waals surface area contributed by atoms with Crippen LogP contribution in [0.15, 0.2) is 112 Å². The molecule has 35 heavy (non-hydrogen) atoms. The number of hydrogen-bond donors (Lipinski definition) is 0. The van der Waals surface area contributed by atoms with Gasteiger partial charge in [-0.15, -0.1) is 0 Å². The Labute approximate surface area is 224 Å². The minimum atomic E-state index is 0.764. The molecule has 4 aromatic carbocycles. The lowest BCUT2D eigenvalue weighted by molar-refractivity contribution is 0.414. The Hall–Kier alpha value is -3.08. The molecule has 4 rings (SSSR count). The normalized spacial score (nSPS) is 11.1. The molecule has 2 nitrogen and oxygen atoms in total. The Morgan fingerprint density at radius 3 is 1.49 bits per heavy atom. The molecule has 0 fully saturated rings. The molecule has 0 radical (unpaired) electrons. The highest BCUT2D eigenvalue weighted by Gasteiger charge is 2.08. The average Bonchev–Trinajstić information content (AvgIpc) is 2.90. The van der Waals surface area contributed by atoms with Crippen molar-refractivity contribution in [2.24, 2.45) is 0 Å². The summed E-state index contributed by atoms with van der Waals surface area (Å²) in [4.78, 5) is 0. The molecule has 0 spiro atoms. The number of rotatable bonds is 8. The second kappa shape index (κ2) is 12.1. The molecule has 0 unspecified atom stereocenters. The maximum atomic E-state index is 5.37. The van der Waals surface area contributed by atoms with E-state index in [9.17, 15) is 0 Å². The molecule has 4 aromatic rings. The summed E-state index contributed by atoms with van der Waals surface area (Å²) in [5.74, 6) is 1.69. The van der Waals surface area contributed by atoms with Gasteiger partial charge in [0.15, 0.2) is 0 Å². The van der Waals surface area contributed by atoms with Gasteiger partial charge in [-0.25, -0.2) is 0 Å². The smallest absolute Gasteiger partial charge is 0.118 e. The molecular weight excluding hydrogens is 564 g/mol. The van der Waals surface area contributed by atoms with Gasteiger partial charge < -0.3 is 9.47 Å². The molecule has 0 saturated heterocycles. The van der Waals surface area contributed by atoms with Crippen LogP contribution in [0.1, 0.15) is 28.7 Å². The Morgan fingerprint density at radius 2 is 1.03 bits per heavy atom. The maximum Gasteiger partial charge on any atom is 0.118 e. The number of halogens is 2. The lowest BCUT2D eigenvalue weighted by atomic mass is 9.93. The van der Waals surface area contributed by atoms with Crippen LogP contribution in [0.5, 0.6) is 11.5 Å². The highest BCUT2D eigenvalue weighted by molar-refractivity contribution is 9.10. The Kier molecular flexibility index (Phi) is 8.62. The van der Waals surface area contributed by atoms with Gasteiger partial charge in [0.05, 0.1) is 14.2 Å². The summed E-state index contributed by atoms with van der Waals surface area (Å²) in [7, 11) is 3.37. The summed E-state index contributed by atoms with van der Waals surface area (Å²) in [6.07, 6.45) is 5.31. The molecule has 176 valence electrons. The standard InChI is InChI=1S/C31H26Br2O2/c1-34-29-16-3-22(4-17-29)21-26(23-9-18-30(35-2)19-10-23)11-20-31(24-5-12-27(32)13-6-24)25-7-14-28(33)15-8-25/h3-10,12-21H,11H2,1-2H3/b26-21+. The summed E-state index contributed by atoms with van der Waals surface area (Å²) in [6, 6.07) is 33.3. The van der Waals surface area contributed by atoms with Crippen molar-refractivity contribution in [3.8, 4) is 11.5 Å². The van der Waals surface area contributed by atoms with E-state index in [-0.39, 0.29) is 0 Å². The minimum Gasteiger partial charge on any atom is -0.497 e. The van der Waals surface area contributed by atoms with Crippen molar-refractivity contribution in [1.82, 2.24) is 0 Å². The van der Waals surface area contributed by atoms with Crippen LogP contribution in [0.2, 0.25) is 0 Å². The van der Waals surface area contributed by atoms with Crippen LogP contribution < -0.4 is 9.47 Å². The molecule has 0 N–H and O–H groups in total. The van der Waals surface area contributed by atoms with Crippen molar-refractivity contribution in [3.63, 3.8) is 0 Å². The highest BCUT2D eigenvalue weighted by atomic mass is 79.9. The molecule has 0 aliphatic carbocycles. The fourth-order valence-electron chi connectivity index (χ4n) is 3.84. The quantitative estimate of drug-likeness (QED) is 0.191. The number of allylic oxidation sites excluding steroid dienone is 2. The van der Waals surface area contributed by atoms with Gasteiger partial charge >= 0.3 is 0 Å². The van der Waals surface area contributed by atoms with E-state index >= 15 is 0 Å². The molecule has 0 atom stereocenters. The van der Waals surface area contributed by atoms with Gasteiger partial charge in [-0.05, 0) is 88.4 Å². The largest absolute Gasteiger partial charge is 0.497 e. The van der Waals surface area contributed by atoms with E-state index in [1.54, 1.807) is 14.2 Å². The molecule has 4 heteroatoms. The first-order valence-corrected chi connectivity index (χ1v) is 12.9. The van der Waals surface area contributed by atoms with Crippen LogP contribution in [0.4, 0.5) is 0 Å². The van der Waals surface area contributed by atoms with Crippen LogP contribution in [-0.4, -0.2) is 14.2 Å². The van der Waals surface area contributed by atoms with Gasteiger partial charge in [0.2, 0.25) is 0 Å². The van der Waals surface area contributed by atoms with Crippen LogP contribution in [0.3, 0.4) is 0 Å². The van der Waals surface area contributed by atoms with Gasteiger partial charge in [-0.1, -0.05) is 92.5 Å². The third-order valence-electron chi connectivity index (χ3n) is 5.75. The van der Waals surface area contributed by atoms with E-state index < -0.39 is 0 Å². The van der Waals surface area contributed by atoms with Crippen molar-refractivity contribution in [2.75, 3.05) is 14.2 Å². The first kappa shape index (κ1) is 25.0. The molecule has 0 amide bonds. The second-order valence-corrected chi connectivity index (χ2v) is 9.84. The first-order chi connectivity index (χ1) is 17.1. The summed E-state index contributed by atoms with van der Waals surface area (Å²) < 4.78 is 12.8. The van der Waals surface area contributed by atoms with E-state index in [0.29, 0.717) is 0 Å². The van der Waals surface area contributed by atoms with Crippen LogP contribution >= 0.6 is 31.9 Å². The first-order valence-electron chi connectivity index (χ1n) is 11.3. The topological polar surface area (TPSA) is 18.5 Å². The third-order valence-corrected chi connectivity index (χ3v) is 6.81. The molecule has 0 aromatic heterocycles. The number of benzene rings is 4. The predicted octanol–water partition coefficient (Wildman–Crippen LogP) is 9.29. The fraction of sp³-hybridized carbons (Fsp3) is 0.0968.